The molecule has 0 spiro atoms. The fourth-order valence-corrected chi connectivity index (χ4v) is 2.96. The van der Waals surface area contributed by atoms with Crippen molar-refractivity contribution in [2.45, 2.75) is 45.6 Å². The molecular weight excluding hydrogens is 202 g/mol. The standard InChI is InChI=1S/C13H23NO2/c1-10-7-11(2)14(9-10)13(15)8-12-3-5-16-6-4-12/h10-12H,3-9H2,1-2H3. The van der Waals surface area contributed by atoms with Crippen LogP contribution >= 0.6 is 0 Å². The van der Waals surface area contributed by atoms with Crippen LogP contribution in [-0.2, 0) is 9.53 Å². The van der Waals surface area contributed by atoms with Crippen LogP contribution in [0.25, 0.3) is 0 Å². The molecule has 1 amide bonds. The van der Waals surface area contributed by atoms with Crippen molar-refractivity contribution in [2.75, 3.05) is 19.8 Å². The third-order valence-corrected chi connectivity index (χ3v) is 3.91. The van der Waals surface area contributed by atoms with Crippen molar-refractivity contribution in [3.8, 4) is 0 Å². The third-order valence-electron chi connectivity index (χ3n) is 3.91. The average Bonchev–Trinajstić information content (AvgIpc) is 2.59. The zero-order valence-corrected chi connectivity index (χ0v) is 10.4. The van der Waals surface area contributed by atoms with Crippen LogP contribution in [-0.4, -0.2) is 36.6 Å². The summed E-state index contributed by atoms with van der Waals surface area (Å²) in [4.78, 5) is 14.2. The van der Waals surface area contributed by atoms with E-state index in [1.165, 1.54) is 6.42 Å². The van der Waals surface area contributed by atoms with Crippen LogP contribution in [0.5, 0.6) is 0 Å². The van der Waals surface area contributed by atoms with Crippen LogP contribution in [0.4, 0.5) is 0 Å². The minimum Gasteiger partial charge on any atom is -0.381 e. The molecule has 16 heavy (non-hydrogen) atoms. The van der Waals surface area contributed by atoms with E-state index in [0.29, 0.717) is 23.8 Å². The molecule has 3 nitrogen and oxygen atoms in total. The second-order valence-electron chi connectivity index (χ2n) is 5.50. The van der Waals surface area contributed by atoms with Gasteiger partial charge in [0.2, 0.25) is 5.91 Å². The summed E-state index contributed by atoms with van der Waals surface area (Å²) in [5.41, 5.74) is 0. The molecule has 0 radical (unpaired) electrons. The molecule has 2 aliphatic heterocycles. The Hall–Kier alpha value is -0.570. The van der Waals surface area contributed by atoms with E-state index in [1.807, 2.05) is 0 Å². The second kappa shape index (κ2) is 5.17. The summed E-state index contributed by atoms with van der Waals surface area (Å²) in [6.45, 7) is 7.04. The predicted molar refractivity (Wildman–Crippen MR) is 63.1 cm³/mol. The first kappa shape index (κ1) is 11.9. The molecule has 2 heterocycles. The third kappa shape index (κ3) is 2.76. The zero-order valence-electron chi connectivity index (χ0n) is 10.4. The van der Waals surface area contributed by atoms with Crippen LogP contribution in [0.15, 0.2) is 0 Å². The van der Waals surface area contributed by atoms with Gasteiger partial charge in [-0.2, -0.15) is 0 Å². The molecule has 0 aromatic heterocycles. The minimum absolute atomic E-state index is 0.365. The molecule has 0 bridgehead atoms. The fraction of sp³-hybridized carbons (Fsp3) is 0.923. The summed E-state index contributed by atoms with van der Waals surface area (Å²) in [5, 5.41) is 0. The van der Waals surface area contributed by atoms with E-state index in [-0.39, 0.29) is 0 Å². The van der Waals surface area contributed by atoms with E-state index in [0.717, 1.165) is 39.0 Å². The zero-order chi connectivity index (χ0) is 11.5. The van der Waals surface area contributed by atoms with Gasteiger partial charge in [-0.1, -0.05) is 6.92 Å². The van der Waals surface area contributed by atoms with Gasteiger partial charge >= 0.3 is 0 Å². The first-order chi connectivity index (χ1) is 7.66. The number of carbonyl (C=O) groups is 1. The second-order valence-corrected chi connectivity index (χ2v) is 5.50. The minimum atomic E-state index is 0.365. The van der Waals surface area contributed by atoms with Crippen molar-refractivity contribution in [3.63, 3.8) is 0 Å². The molecule has 2 atom stereocenters. The quantitative estimate of drug-likeness (QED) is 0.720. The first-order valence-electron chi connectivity index (χ1n) is 6.54. The Kier molecular flexibility index (Phi) is 3.85. The van der Waals surface area contributed by atoms with E-state index in [9.17, 15) is 4.79 Å². The summed E-state index contributed by atoms with van der Waals surface area (Å²) in [5.74, 6) is 1.60. The Morgan fingerprint density at radius 3 is 2.56 bits per heavy atom. The van der Waals surface area contributed by atoms with Gasteiger partial charge in [0.05, 0.1) is 0 Å². The van der Waals surface area contributed by atoms with Crippen LogP contribution in [0.3, 0.4) is 0 Å². The number of hydrogen-bond acceptors (Lipinski definition) is 2. The summed E-state index contributed by atoms with van der Waals surface area (Å²) in [7, 11) is 0. The largest absolute Gasteiger partial charge is 0.381 e. The summed E-state index contributed by atoms with van der Waals surface area (Å²) in [6.07, 6.45) is 4.02. The molecule has 0 N–H and O–H groups in total. The topological polar surface area (TPSA) is 29.5 Å². The van der Waals surface area contributed by atoms with Gasteiger partial charge in [-0.05, 0) is 38.0 Å². The molecule has 2 aliphatic rings. The van der Waals surface area contributed by atoms with E-state index in [1.54, 1.807) is 0 Å². The van der Waals surface area contributed by atoms with Gasteiger partial charge in [-0.15, -0.1) is 0 Å². The lowest BCUT2D eigenvalue weighted by Crippen LogP contribution is -2.35. The van der Waals surface area contributed by atoms with Gasteiger partial charge in [0.15, 0.2) is 0 Å². The lowest BCUT2D eigenvalue weighted by molar-refractivity contribution is -0.133. The molecule has 92 valence electrons. The van der Waals surface area contributed by atoms with E-state index < -0.39 is 0 Å². The van der Waals surface area contributed by atoms with Gasteiger partial charge in [-0.3, -0.25) is 4.79 Å². The number of nitrogens with zero attached hydrogens (tertiary/aromatic N) is 1. The average molecular weight is 225 g/mol. The Balaban J connectivity index is 1.82. The number of carbonyl (C=O) groups excluding carboxylic acids is 1. The van der Waals surface area contributed by atoms with Crippen molar-refractivity contribution >= 4 is 5.91 Å². The van der Waals surface area contributed by atoms with Gasteiger partial charge in [0.1, 0.15) is 0 Å². The lowest BCUT2D eigenvalue weighted by Gasteiger charge is -2.26. The highest BCUT2D eigenvalue weighted by Gasteiger charge is 2.31. The van der Waals surface area contributed by atoms with Gasteiger partial charge in [0, 0.05) is 32.2 Å². The number of likely N-dealkylation sites (tertiary alicyclic amines) is 1. The predicted octanol–water partition coefficient (Wildman–Crippen LogP) is 2.06. The monoisotopic (exact) mass is 225 g/mol. The van der Waals surface area contributed by atoms with Crippen LogP contribution in [0.2, 0.25) is 0 Å². The molecule has 0 aromatic carbocycles. The van der Waals surface area contributed by atoms with Crippen molar-refractivity contribution in [1.82, 2.24) is 4.90 Å². The maximum atomic E-state index is 12.2. The van der Waals surface area contributed by atoms with Crippen molar-refractivity contribution in [3.05, 3.63) is 0 Å². The smallest absolute Gasteiger partial charge is 0.223 e. The molecule has 3 heteroatoms. The highest BCUT2D eigenvalue weighted by molar-refractivity contribution is 5.77. The molecular formula is C13H23NO2. The van der Waals surface area contributed by atoms with Crippen molar-refractivity contribution < 1.29 is 9.53 Å². The Morgan fingerprint density at radius 2 is 2.00 bits per heavy atom. The summed E-state index contributed by atoms with van der Waals surface area (Å²) < 4.78 is 5.32. The van der Waals surface area contributed by atoms with E-state index >= 15 is 0 Å². The Bertz CT molecular complexity index is 248. The number of hydrogen-bond donors (Lipinski definition) is 0. The van der Waals surface area contributed by atoms with E-state index in [4.69, 9.17) is 4.74 Å². The normalized spacial score (nSPS) is 32.0. The van der Waals surface area contributed by atoms with E-state index in [2.05, 4.69) is 18.7 Å². The summed E-state index contributed by atoms with van der Waals surface area (Å²) >= 11 is 0. The van der Waals surface area contributed by atoms with Gasteiger partial charge in [0.25, 0.3) is 0 Å². The molecule has 0 aliphatic carbocycles. The fourth-order valence-electron chi connectivity index (χ4n) is 2.96. The maximum Gasteiger partial charge on any atom is 0.223 e. The molecule has 2 fully saturated rings. The highest BCUT2D eigenvalue weighted by atomic mass is 16.5. The maximum absolute atomic E-state index is 12.2. The molecule has 0 aromatic rings. The first-order valence-corrected chi connectivity index (χ1v) is 6.54. The summed E-state index contributed by atoms with van der Waals surface area (Å²) in [6, 6.07) is 0.447. The highest BCUT2D eigenvalue weighted by Crippen LogP contribution is 2.26. The SMILES string of the molecule is CC1CC(C)N(C(=O)CC2CCOCC2)C1. The van der Waals surface area contributed by atoms with Crippen LogP contribution < -0.4 is 0 Å². The van der Waals surface area contributed by atoms with Gasteiger partial charge < -0.3 is 9.64 Å². The number of rotatable bonds is 2. The van der Waals surface area contributed by atoms with Crippen LogP contribution in [0.1, 0.15) is 39.5 Å². The number of ether oxygens (including phenoxy) is 1. The molecule has 2 rings (SSSR count). The number of amides is 1. The molecule has 2 unspecified atom stereocenters. The van der Waals surface area contributed by atoms with Crippen LogP contribution in [0, 0.1) is 11.8 Å². The van der Waals surface area contributed by atoms with Gasteiger partial charge in [-0.25, -0.2) is 0 Å². The van der Waals surface area contributed by atoms with Crippen molar-refractivity contribution in [1.29, 1.82) is 0 Å². The molecule has 0 saturated carbocycles. The van der Waals surface area contributed by atoms with Crippen molar-refractivity contribution in [2.24, 2.45) is 11.8 Å². The molecule has 2 saturated heterocycles. The lowest BCUT2D eigenvalue weighted by atomic mass is 9.96. The Morgan fingerprint density at radius 1 is 1.31 bits per heavy atom. The Labute approximate surface area is 98.1 Å².